The zero-order chi connectivity index (χ0) is 14.2. The van der Waals surface area contributed by atoms with Gasteiger partial charge < -0.3 is 0 Å². The summed E-state index contributed by atoms with van der Waals surface area (Å²) in [7, 11) is 0. The van der Waals surface area contributed by atoms with Crippen LogP contribution in [0.25, 0.3) is 0 Å². The topological polar surface area (TPSA) is 66.5 Å². The van der Waals surface area contributed by atoms with Gasteiger partial charge in [-0.1, -0.05) is 28.1 Å². The maximum atomic E-state index is 12.2. The maximum Gasteiger partial charge on any atom is 0.331 e. The van der Waals surface area contributed by atoms with Crippen LogP contribution in [0.15, 0.2) is 28.7 Å². The quantitative estimate of drug-likeness (QED) is 0.847. The zero-order valence-electron chi connectivity index (χ0n) is 10.6. The summed E-state index contributed by atoms with van der Waals surface area (Å²) in [6.45, 7) is 3.15. The Morgan fingerprint density at radius 3 is 2.58 bits per heavy atom. The fourth-order valence-corrected chi connectivity index (χ4v) is 2.26. The highest BCUT2D eigenvalue weighted by molar-refractivity contribution is 9.10. The molecule has 0 aliphatic carbocycles. The predicted molar refractivity (Wildman–Crippen MR) is 72.0 cm³/mol. The molecule has 5 nitrogen and oxygen atoms in total. The Balaban J connectivity index is 2.26. The van der Waals surface area contributed by atoms with Crippen LogP contribution in [0.4, 0.5) is 4.79 Å². The lowest BCUT2D eigenvalue weighted by Gasteiger charge is -2.34. The number of nitrogens with one attached hydrogen (secondary N) is 1. The third-order valence-corrected chi connectivity index (χ3v) is 3.54. The number of carbonyl (C=O) groups excluding carboxylic acids is 3. The van der Waals surface area contributed by atoms with Gasteiger partial charge in [0.1, 0.15) is 5.41 Å². The molecule has 1 aromatic rings. The van der Waals surface area contributed by atoms with E-state index in [-0.39, 0.29) is 6.54 Å². The molecule has 0 aromatic heterocycles. The van der Waals surface area contributed by atoms with Crippen molar-refractivity contribution in [2.75, 3.05) is 0 Å². The number of rotatable bonds is 2. The number of barbiturate groups is 1. The molecular formula is C13H13BrN2O3. The van der Waals surface area contributed by atoms with E-state index >= 15 is 0 Å². The standard InChI is InChI=1S/C13H13BrN2O3/c1-13(2)10(17)15-12(19)16(11(13)18)7-8-4-3-5-9(14)6-8/h3-6H,7H2,1-2H3,(H,15,17,19). The first-order valence-electron chi connectivity index (χ1n) is 5.74. The SMILES string of the molecule is CC1(C)C(=O)NC(=O)N(Cc2cccc(Br)c2)C1=O. The minimum absolute atomic E-state index is 0.140. The Morgan fingerprint density at radius 1 is 1.26 bits per heavy atom. The van der Waals surface area contributed by atoms with E-state index in [1.165, 1.54) is 13.8 Å². The van der Waals surface area contributed by atoms with E-state index in [4.69, 9.17) is 0 Å². The van der Waals surface area contributed by atoms with E-state index in [9.17, 15) is 14.4 Å². The Hall–Kier alpha value is -1.69. The lowest BCUT2D eigenvalue weighted by molar-refractivity contribution is -0.149. The number of urea groups is 1. The number of halogens is 1. The summed E-state index contributed by atoms with van der Waals surface area (Å²) in [6, 6.07) is 6.64. The average Bonchev–Trinajstić information content (AvgIpc) is 2.33. The maximum absolute atomic E-state index is 12.2. The summed E-state index contributed by atoms with van der Waals surface area (Å²) in [5.41, 5.74) is -0.414. The van der Waals surface area contributed by atoms with Crippen molar-refractivity contribution in [1.82, 2.24) is 10.2 Å². The van der Waals surface area contributed by atoms with Crippen LogP contribution in [0.2, 0.25) is 0 Å². The van der Waals surface area contributed by atoms with E-state index in [1.807, 2.05) is 24.3 Å². The summed E-state index contributed by atoms with van der Waals surface area (Å²) >= 11 is 3.33. The van der Waals surface area contributed by atoms with Crippen molar-refractivity contribution in [2.24, 2.45) is 5.41 Å². The Morgan fingerprint density at radius 2 is 1.95 bits per heavy atom. The molecule has 1 fully saturated rings. The highest BCUT2D eigenvalue weighted by Gasteiger charge is 2.46. The van der Waals surface area contributed by atoms with Crippen molar-refractivity contribution in [1.29, 1.82) is 0 Å². The monoisotopic (exact) mass is 324 g/mol. The van der Waals surface area contributed by atoms with Gasteiger partial charge in [0, 0.05) is 4.47 Å². The Labute approximate surface area is 119 Å². The summed E-state index contributed by atoms with van der Waals surface area (Å²) in [5, 5.41) is 2.20. The summed E-state index contributed by atoms with van der Waals surface area (Å²) in [5.74, 6) is -1.05. The molecule has 19 heavy (non-hydrogen) atoms. The smallest absolute Gasteiger partial charge is 0.277 e. The number of hydrogen-bond acceptors (Lipinski definition) is 3. The van der Waals surface area contributed by atoms with Gasteiger partial charge in [-0.15, -0.1) is 0 Å². The van der Waals surface area contributed by atoms with E-state index < -0.39 is 23.3 Å². The first kappa shape index (κ1) is 13.7. The molecule has 1 aromatic carbocycles. The van der Waals surface area contributed by atoms with Crippen LogP contribution in [0.5, 0.6) is 0 Å². The molecule has 1 N–H and O–H groups in total. The number of nitrogens with zero attached hydrogens (tertiary/aromatic N) is 1. The van der Waals surface area contributed by atoms with Gasteiger partial charge in [-0.2, -0.15) is 0 Å². The van der Waals surface area contributed by atoms with Gasteiger partial charge in [0.15, 0.2) is 0 Å². The van der Waals surface area contributed by atoms with Crippen LogP contribution in [0.3, 0.4) is 0 Å². The van der Waals surface area contributed by atoms with Gasteiger partial charge >= 0.3 is 6.03 Å². The molecule has 0 saturated carbocycles. The van der Waals surface area contributed by atoms with Gasteiger partial charge in [0.25, 0.3) is 0 Å². The van der Waals surface area contributed by atoms with Crippen LogP contribution >= 0.6 is 15.9 Å². The van der Waals surface area contributed by atoms with Crippen molar-refractivity contribution in [3.63, 3.8) is 0 Å². The third-order valence-electron chi connectivity index (χ3n) is 3.04. The molecule has 0 bridgehead atoms. The van der Waals surface area contributed by atoms with Crippen molar-refractivity contribution >= 4 is 33.8 Å². The zero-order valence-corrected chi connectivity index (χ0v) is 12.2. The molecule has 1 aliphatic heterocycles. The molecule has 1 heterocycles. The second kappa shape index (κ2) is 4.77. The second-order valence-corrected chi connectivity index (χ2v) is 5.82. The Bertz CT molecular complexity index is 569. The summed E-state index contributed by atoms with van der Waals surface area (Å²) < 4.78 is 0.866. The van der Waals surface area contributed by atoms with Crippen LogP contribution in [0.1, 0.15) is 19.4 Å². The minimum atomic E-state index is -1.22. The van der Waals surface area contributed by atoms with Gasteiger partial charge in [0.05, 0.1) is 6.54 Å². The summed E-state index contributed by atoms with van der Waals surface area (Å²) in [4.78, 5) is 36.6. The molecule has 2 rings (SSSR count). The number of imide groups is 2. The molecule has 0 spiro atoms. The van der Waals surface area contributed by atoms with Crippen LogP contribution in [-0.4, -0.2) is 22.7 Å². The highest BCUT2D eigenvalue weighted by Crippen LogP contribution is 2.25. The molecule has 6 heteroatoms. The van der Waals surface area contributed by atoms with Crippen molar-refractivity contribution < 1.29 is 14.4 Å². The van der Waals surface area contributed by atoms with Gasteiger partial charge in [0.2, 0.25) is 11.8 Å². The van der Waals surface area contributed by atoms with Crippen molar-refractivity contribution in [3.05, 3.63) is 34.3 Å². The van der Waals surface area contributed by atoms with Crippen molar-refractivity contribution in [3.8, 4) is 0 Å². The molecular weight excluding hydrogens is 312 g/mol. The predicted octanol–water partition coefficient (Wildman–Crippen LogP) is 2.05. The minimum Gasteiger partial charge on any atom is -0.277 e. The third kappa shape index (κ3) is 2.53. The van der Waals surface area contributed by atoms with Crippen LogP contribution in [0, 0.1) is 5.41 Å². The lowest BCUT2D eigenvalue weighted by atomic mass is 9.88. The normalized spacial score (nSPS) is 18.5. The highest BCUT2D eigenvalue weighted by atomic mass is 79.9. The van der Waals surface area contributed by atoms with E-state index in [2.05, 4.69) is 21.2 Å². The molecule has 0 unspecified atom stereocenters. The fourth-order valence-electron chi connectivity index (χ4n) is 1.81. The van der Waals surface area contributed by atoms with Gasteiger partial charge in [-0.25, -0.2) is 4.79 Å². The first-order chi connectivity index (χ1) is 8.82. The number of carbonyl (C=O) groups is 3. The van der Waals surface area contributed by atoms with E-state index in [0.717, 1.165) is 14.9 Å². The van der Waals surface area contributed by atoms with Gasteiger partial charge in [-0.3, -0.25) is 19.8 Å². The number of benzene rings is 1. The summed E-state index contributed by atoms with van der Waals surface area (Å²) in [6.07, 6.45) is 0. The van der Waals surface area contributed by atoms with Gasteiger partial charge in [-0.05, 0) is 31.5 Å². The molecule has 100 valence electrons. The van der Waals surface area contributed by atoms with E-state index in [1.54, 1.807) is 0 Å². The largest absolute Gasteiger partial charge is 0.331 e. The second-order valence-electron chi connectivity index (χ2n) is 4.91. The number of hydrogen-bond donors (Lipinski definition) is 1. The van der Waals surface area contributed by atoms with Crippen LogP contribution in [-0.2, 0) is 16.1 Å². The first-order valence-corrected chi connectivity index (χ1v) is 6.53. The molecule has 0 radical (unpaired) electrons. The lowest BCUT2D eigenvalue weighted by Crippen LogP contribution is -2.61. The Kier molecular flexibility index (Phi) is 3.45. The van der Waals surface area contributed by atoms with E-state index in [0.29, 0.717) is 0 Å². The molecule has 4 amide bonds. The van der Waals surface area contributed by atoms with Crippen molar-refractivity contribution in [2.45, 2.75) is 20.4 Å². The molecule has 1 aliphatic rings. The fraction of sp³-hybridized carbons (Fsp3) is 0.308. The molecule has 1 saturated heterocycles. The average molecular weight is 325 g/mol. The van der Waals surface area contributed by atoms with Crippen LogP contribution < -0.4 is 5.32 Å². The molecule has 0 atom stereocenters. The number of amides is 4.